The average molecular weight is 504 g/mol. The third kappa shape index (κ3) is 6.47. The summed E-state index contributed by atoms with van der Waals surface area (Å²) in [6, 6.07) is 5.44. The van der Waals surface area contributed by atoms with E-state index in [4.69, 9.17) is 26.0 Å². The lowest BCUT2D eigenvalue weighted by molar-refractivity contribution is -0.124. The number of halogens is 1. The Bertz CT molecular complexity index is 1140. The van der Waals surface area contributed by atoms with Crippen LogP contribution in [0.15, 0.2) is 28.9 Å². The first-order chi connectivity index (χ1) is 16.8. The number of hydrogen-bond acceptors (Lipinski definition) is 9. The number of aryl methyl sites for hydroxylation is 2. The zero-order chi connectivity index (χ0) is 25.5. The zero-order valence-electron chi connectivity index (χ0n) is 20.2. The molecule has 0 bridgehead atoms. The second-order valence-electron chi connectivity index (χ2n) is 7.99. The Kier molecular flexibility index (Phi) is 9.02. The monoisotopic (exact) mass is 503 g/mol. The van der Waals surface area contributed by atoms with E-state index in [2.05, 4.69) is 39.2 Å². The maximum Gasteiger partial charge on any atom is 0.259 e. The van der Waals surface area contributed by atoms with E-state index < -0.39 is 18.6 Å². The molecule has 11 heteroatoms. The van der Waals surface area contributed by atoms with Crippen molar-refractivity contribution in [3.63, 3.8) is 0 Å². The summed E-state index contributed by atoms with van der Waals surface area (Å²) in [4.78, 5) is 22.4. The first kappa shape index (κ1) is 26.4. The van der Waals surface area contributed by atoms with Crippen molar-refractivity contribution in [2.45, 2.75) is 33.8 Å². The van der Waals surface area contributed by atoms with Crippen LogP contribution in [0.25, 0.3) is 22.8 Å². The Morgan fingerprint density at radius 1 is 1.20 bits per heavy atom. The summed E-state index contributed by atoms with van der Waals surface area (Å²) >= 11 is 6.43. The molecule has 0 aliphatic rings. The van der Waals surface area contributed by atoms with Crippen molar-refractivity contribution in [3.8, 4) is 28.6 Å². The summed E-state index contributed by atoms with van der Waals surface area (Å²) in [5.74, 6) is 1.47. The molecule has 3 N–H and O–H groups in total. The Labute approximate surface area is 208 Å². The second kappa shape index (κ2) is 12.0. The van der Waals surface area contributed by atoms with Gasteiger partial charge in [-0.3, -0.25) is 4.79 Å². The van der Waals surface area contributed by atoms with Crippen molar-refractivity contribution < 1.29 is 24.3 Å². The molecule has 0 saturated carbocycles. The number of rotatable bonds is 11. The summed E-state index contributed by atoms with van der Waals surface area (Å²) in [6.45, 7) is 8.94. The molecule has 0 aliphatic heterocycles. The zero-order valence-corrected chi connectivity index (χ0v) is 21.0. The molecule has 0 aliphatic carbocycles. The van der Waals surface area contributed by atoms with Crippen molar-refractivity contribution in [1.29, 1.82) is 0 Å². The lowest BCUT2D eigenvalue weighted by atomic mass is 10.1. The molecule has 1 atom stereocenters. The van der Waals surface area contributed by atoms with Crippen LogP contribution in [0.1, 0.15) is 25.0 Å². The van der Waals surface area contributed by atoms with Crippen LogP contribution in [0.2, 0.25) is 5.02 Å². The van der Waals surface area contributed by atoms with E-state index in [0.717, 1.165) is 30.0 Å². The van der Waals surface area contributed by atoms with Gasteiger partial charge in [-0.2, -0.15) is 4.98 Å². The number of aromatic nitrogens is 3. The summed E-state index contributed by atoms with van der Waals surface area (Å²) in [7, 11) is 0. The van der Waals surface area contributed by atoms with Gasteiger partial charge in [-0.25, -0.2) is 4.98 Å². The van der Waals surface area contributed by atoms with E-state index >= 15 is 0 Å². The number of carbonyl (C=O) groups excluding carboxylic acids is 1. The van der Waals surface area contributed by atoms with E-state index in [1.54, 1.807) is 12.3 Å². The molecule has 0 fully saturated rings. The van der Waals surface area contributed by atoms with Gasteiger partial charge in [0.2, 0.25) is 11.7 Å². The number of nitrogens with one attached hydrogen (secondary N) is 1. The second-order valence-corrected chi connectivity index (χ2v) is 8.40. The highest BCUT2D eigenvalue weighted by molar-refractivity contribution is 6.32. The maximum atomic E-state index is 11.1. The number of hydrogen-bond donors (Lipinski definition) is 3. The maximum absolute atomic E-state index is 11.1. The molecule has 0 spiro atoms. The van der Waals surface area contributed by atoms with Crippen molar-refractivity contribution >= 4 is 23.3 Å². The molecule has 10 nitrogen and oxygen atoms in total. The van der Waals surface area contributed by atoms with Crippen molar-refractivity contribution in [2.24, 2.45) is 0 Å². The molecule has 188 valence electrons. The molecule has 0 radical (unpaired) electrons. The number of anilines is 1. The predicted molar refractivity (Wildman–Crippen MR) is 133 cm³/mol. The number of carbonyl (C=O) groups is 1. The highest BCUT2D eigenvalue weighted by atomic mass is 35.5. The van der Waals surface area contributed by atoms with Crippen LogP contribution in [-0.4, -0.2) is 70.2 Å². The van der Waals surface area contributed by atoms with Crippen LogP contribution in [0.5, 0.6) is 5.75 Å². The van der Waals surface area contributed by atoms with E-state index in [-0.39, 0.29) is 13.2 Å². The summed E-state index contributed by atoms with van der Waals surface area (Å²) in [6.07, 6.45) is 0.757. The Morgan fingerprint density at radius 2 is 1.91 bits per heavy atom. The fourth-order valence-corrected chi connectivity index (χ4v) is 3.89. The fourth-order valence-electron chi connectivity index (χ4n) is 3.57. The van der Waals surface area contributed by atoms with Gasteiger partial charge < -0.3 is 29.7 Å². The van der Waals surface area contributed by atoms with Crippen LogP contribution < -0.4 is 15.0 Å². The number of amides is 1. The lowest BCUT2D eigenvalue weighted by Crippen LogP contribution is -2.36. The van der Waals surface area contributed by atoms with Crippen molar-refractivity contribution in [1.82, 2.24) is 20.4 Å². The van der Waals surface area contributed by atoms with Gasteiger partial charge in [0.05, 0.1) is 10.6 Å². The molecule has 2 aromatic heterocycles. The topological polar surface area (TPSA) is 134 Å². The molecule has 1 amide bonds. The smallest absolute Gasteiger partial charge is 0.259 e. The van der Waals surface area contributed by atoms with Gasteiger partial charge in [-0.1, -0.05) is 16.8 Å². The van der Waals surface area contributed by atoms with Gasteiger partial charge in [0, 0.05) is 31.4 Å². The standard InChI is InChI=1S/C24H30ClN5O5/c1-5-30(6-2)23-15(4)8-17(10-27-23)24-28-22(29-35-24)16-7-14(3)21(19(25)9-16)34-13-18(32)11-26-20(33)12-31/h7-10,18,31-32H,5-6,11-13H2,1-4H3,(H,26,33). The number of ether oxygens (including phenoxy) is 1. The molecular formula is C24H30ClN5O5. The fraction of sp³-hybridized carbons (Fsp3) is 0.417. The first-order valence-corrected chi connectivity index (χ1v) is 11.7. The third-order valence-electron chi connectivity index (χ3n) is 5.37. The molecule has 2 heterocycles. The van der Waals surface area contributed by atoms with E-state index in [0.29, 0.717) is 33.6 Å². The van der Waals surface area contributed by atoms with Gasteiger partial charge in [-0.05, 0) is 57.0 Å². The number of nitrogens with zero attached hydrogens (tertiary/aromatic N) is 4. The van der Waals surface area contributed by atoms with Crippen LogP contribution >= 0.6 is 11.6 Å². The molecule has 3 rings (SSSR count). The Balaban J connectivity index is 1.74. The van der Waals surface area contributed by atoms with Crippen LogP contribution in [0.3, 0.4) is 0 Å². The number of aliphatic hydroxyl groups excluding tert-OH is 2. The van der Waals surface area contributed by atoms with Crippen LogP contribution in [0, 0.1) is 13.8 Å². The minimum absolute atomic E-state index is 0.0516. The van der Waals surface area contributed by atoms with Gasteiger partial charge in [0.15, 0.2) is 0 Å². The molecular weight excluding hydrogens is 474 g/mol. The highest BCUT2D eigenvalue weighted by Crippen LogP contribution is 2.34. The molecule has 1 unspecified atom stereocenters. The average Bonchev–Trinajstić information content (AvgIpc) is 3.34. The molecule has 0 saturated heterocycles. The number of aliphatic hydroxyl groups is 2. The van der Waals surface area contributed by atoms with Gasteiger partial charge in [0.1, 0.15) is 30.9 Å². The molecule has 1 aromatic carbocycles. The normalized spacial score (nSPS) is 11.9. The minimum atomic E-state index is -0.967. The van der Waals surface area contributed by atoms with Gasteiger partial charge in [-0.15, -0.1) is 0 Å². The lowest BCUT2D eigenvalue weighted by Gasteiger charge is -2.21. The summed E-state index contributed by atoms with van der Waals surface area (Å²) in [5.41, 5.74) is 3.10. The molecule has 3 aromatic rings. The Morgan fingerprint density at radius 3 is 2.54 bits per heavy atom. The van der Waals surface area contributed by atoms with E-state index in [1.807, 2.05) is 26.0 Å². The molecule has 35 heavy (non-hydrogen) atoms. The summed E-state index contributed by atoms with van der Waals surface area (Å²) in [5, 5.41) is 25.5. The highest BCUT2D eigenvalue weighted by Gasteiger charge is 2.17. The number of pyridine rings is 1. The van der Waals surface area contributed by atoms with Gasteiger partial charge in [0.25, 0.3) is 5.89 Å². The van der Waals surface area contributed by atoms with Gasteiger partial charge >= 0.3 is 0 Å². The van der Waals surface area contributed by atoms with E-state index in [9.17, 15) is 9.90 Å². The Hall–Kier alpha value is -3.21. The third-order valence-corrected chi connectivity index (χ3v) is 5.65. The van der Waals surface area contributed by atoms with Crippen molar-refractivity contribution in [2.75, 3.05) is 37.7 Å². The van der Waals surface area contributed by atoms with Crippen LogP contribution in [-0.2, 0) is 4.79 Å². The minimum Gasteiger partial charge on any atom is -0.489 e. The SMILES string of the molecule is CCN(CC)c1ncc(-c2nc(-c3cc(C)c(OCC(O)CNC(=O)CO)c(Cl)c3)no2)cc1C. The van der Waals surface area contributed by atoms with Crippen LogP contribution in [0.4, 0.5) is 5.82 Å². The largest absolute Gasteiger partial charge is 0.489 e. The van der Waals surface area contributed by atoms with E-state index in [1.165, 1.54) is 0 Å². The first-order valence-electron chi connectivity index (χ1n) is 11.3. The summed E-state index contributed by atoms with van der Waals surface area (Å²) < 4.78 is 11.1. The quantitative estimate of drug-likeness (QED) is 0.361. The number of benzene rings is 1. The van der Waals surface area contributed by atoms with Crippen molar-refractivity contribution in [3.05, 3.63) is 40.5 Å². The predicted octanol–water partition coefficient (Wildman–Crippen LogP) is 2.76.